The predicted octanol–water partition coefficient (Wildman–Crippen LogP) is 1.59. The average Bonchev–Trinajstić information content (AvgIpc) is 3.07. The number of likely N-dealkylation sites (tertiary alicyclic amines) is 1. The van der Waals surface area contributed by atoms with Crippen LogP contribution < -0.4 is 0 Å². The number of carbonyl (C=O) groups excluding carboxylic acids is 1. The molecule has 3 heterocycles. The second-order valence-electron chi connectivity index (χ2n) is 6.72. The lowest BCUT2D eigenvalue weighted by molar-refractivity contribution is -0.0869. The highest BCUT2D eigenvalue weighted by Gasteiger charge is 2.39. The van der Waals surface area contributed by atoms with Gasteiger partial charge in [-0.15, -0.1) is 0 Å². The summed E-state index contributed by atoms with van der Waals surface area (Å²) in [5, 5.41) is 3.84. The van der Waals surface area contributed by atoms with Crippen LogP contribution in [0, 0.1) is 6.92 Å². The monoisotopic (exact) mass is 342 g/mol. The largest absolute Gasteiger partial charge is 0.374 e. The third-order valence-electron chi connectivity index (χ3n) is 4.96. The third-order valence-corrected chi connectivity index (χ3v) is 4.96. The van der Waals surface area contributed by atoms with Gasteiger partial charge in [0.25, 0.3) is 11.8 Å². The number of carbonyl (C=O) groups is 1. The van der Waals surface area contributed by atoms with Gasteiger partial charge in [0, 0.05) is 19.6 Å². The van der Waals surface area contributed by atoms with E-state index in [1.165, 1.54) is 0 Å². The van der Waals surface area contributed by atoms with E-state index in [0.717, 1.165) is 19.5 Å². The summed E-state index contributed by atoms with van der Waals surface area (Å²) >= 11 is 0. The number of hydrogen-bond acceptors (Lipinski definition) is 6. The van der Waals surface area contributed by atoms with Crippen molar-refractivity contribution in [1.29, 1.82) is 0 Å². The molecule has 7 heteroatoms. The zero-order chi connectivity index (χ0) is 17.4. The maximum absolute atomic E-state index is 13.3. The van der Waals surface area contributed by atoms with Crippen LogP contribution in [0.2, 0.25) is 0 Å². The lowest BCUT2D eigenvalue weighted by atomic mass is 9.97. The number of piperidine rings is 1. The number of hydrogen-bond donors (Lipinski definition) is 0. The van der Waals surface area contributed by atoms with Crippen molar-refractivity contribution in [2.24, 2.45) is 0 Å². The molecule has 0 aliphatic carbocycles. The predicted molar refractivity (Wildman–Crippen MR) is 91.1 cm³/mol. The van der Waals surface area contributed by atoms with E-state index >= 15 is 0 Å². The molecule has 0 saturated carbocycles. The van der Waals surface area contributed by atoms with Crippen molar-refractivity contribution in [2.75, 3.05) is 33.3 Å². The van der Waals surface area contributed by atoms with Crippen molar-refractivity contribution < 1.29 is 14.1 Å². The highest BCUT2D eigenvalue weighted by molar-refractivity contribution is 6.00. The van der Waals surface area contributed by atoms with Crippen molar-refractivity contribution in [3.05, 3.63) is 35.7 Å². The van der Waals surface area contributed by atoms with E-state index in [4.69, 9.17) is 9.26 Å². The normalized spacial score (nSPS) is 24.2. The fraction of sp³-hybridized carbons (Fsp3) is 0.500. The minimum atomic E-state index is 0.0000491. The molecule has 2 fully saturated rings. The van der Waals surface area contributed by atoms with E-state index in [2.05, 4.69) is 22.1 Å². The van der Waals surface area contributed by atoms with Crippen LogP contribution in [0.4, 0.5) is 0 Å². The Hall–Kier alpha value is -2.25. The van der Waals surface area contributed by atoms with Gasteiger partial charge in [0.15, 0.2) is 5.82 Å². The number of morpholine rings is 1. The van der Waals surface area contributed by atoms with Crippen molar-refractivity contribution in [1.82, 2.24) is 19.9 Å². The maximum Gasteiger partial charge on any atom is 0.258 e. The van der Waals surface area contributed by atoms with Gasteiger partial charge in [-0.3, -0.25) is 4.79 Å². The zero-order valence-electron chi connectivity index (χ0n) is 14.5. The first kappa shape index (κ1) is 16.2. The van der Waals surface area contributed by atoms with Crippen LogP contribution in [-0.4, -0.2) is 71.3 Å². The number of ether oxygens (including phenoxy) is 1. The fourth-order valence-electron chi connectivity index (χ4n) is 3.70. The fourth-order valence-corrected chi connectivity index (χ4v) is 3.70. The highest BCUT2D eigenvalue weighted by atomic mass is 16.5. The van der Waals surface area contributed by atoms with Crippen LogP contribution in [0.25, 0.3) is 11.5 Å². The molecule has 0 spiro atoms. The quantitative estimate of drug-likeness (QED) is 0.825. The van der Waals surface area contributed by atoms with Crippen LogP contribution in [0.1, 0.15) is 22.6 Å². The molecule has 1 aromatic carbocycles. The van der Waals surface area contributed by atoms with Crippen molar-refractivity contribution in [3.8, 4) is 11.5 Å². The van der Waals surface area contributed by atoms with Gasteiger partial charge in [-0.1, -0.05) is 17.3 Å². The molecule has 1 amide bonds. The molecule has 2 saturated heterocycles. The summed E-state index contributed by atoms with van der Waals surface area (Å²) < 4.78 is 11.2. The number of nitrogens with zero attached hydrogens (tertiary/aromatic N) is 4. The van der Waals surface area contributed by atoms with Crippen molar-refractivity contribution in [3.63, 3.8) is 0 Å². The van der Waals surface area contributed by atoms with Crippen LogP contribution in [-0.2, 0) is 4.74 Å². The summed E-state index contributed by atoms with van der Waals surface area (Å²) in [6, 6.07) is 7.50. The molecule has 2 atom stereocenters. The molecule has 0 N–H and O–H groups in total. The number of benzene rings is 1. The number of amides is 1. The van der Waals surface area contributed by atoms with E-state index in [-0.39, 0.29) is 18.1 Å². The van der Waals surface area contributed by atoms with Crippen LogP contribution in [0.5, 0.6) is 0 Å². The minimum absolute atomic E-state index is 0.0000491. The first-order valence-electron chi connectivity index (χ1n) is 8.64. The van der Waals surface area contributed by atoms with Gasteiger partial charge in [0.1, 0.15) is 0 Å². The summed E-state index contributed by atoms with van der Waals surface area (Å²) in [4.78, 5) is 21.8. The summed E-state index contributed by atoms with van der Waals surface area (Å²) in [5.41, 5.74) is 1.28. The topological polar surface area (TPSA) is 71.7 Å². The number of aromatic nitrogens is 2. The van der Waals surface area contributed by atoms with E-state index in [0.29, 0.717) is 36.0 Å². The molecule has 132 valence electrons. The van der Waals surface area contributed by atoms with Gasteiger partial charge in [-0.2, -0.15) is 4.98 Å². The zero-order valence-corrected chi connectivity index (χ0v) is 14.5. The third kappa shape index (κ3) is 3.05. The van der Waals surface area contributed by atoms with Gasteiger partial charge in [0.2, 0.25) is 0 Å². The molecule has 0 radical (unpaired) electrons. The van der Waals surface area contributed by atoms with Crippen LogP contribution in [0.15, 0.2) is 28.8 Å². The standard InChI is InChI=1S/C18H22N4O3/c1-12-19-17(25-20-12)13-5-3-4-6-14(13)18(23)22-9-10-24-16-7-8-21(2)11-15(16)22/h3-6,15-16H,7-11H2,1-2H3/t15-,16+/m0/s1. The van der Waals surface area contributed by atoms with E-state index in [9.17, 15) is 4.79 Å². The minimum Gasteiger partial charge on any atom is -0.374 e. The average molecular weight is 342 g/mol. The van der Waals surface area contributed by atoms with Gasteiger partial charge >= 0.3 is 0 Å². The molecular weight excluding hydrogens is 320 g/mol. The molecule has 2 aromatic rings. The number of fused-ring (bicyclic) bond motifs is 1. The lowest BCUT2D eigenvalue weighted by Gasteiger charge is -2.46. The Bertz CT molecular complexity index is 775. The lowest BCUT2D eigenvalue weighted by Crippen LogP contribution is -2.60. The molecular formula is C18H22N4O3. The molecule has 4 rings (SSSR count). The summed E-state index contributed by atoms with van der Waals surface area (Å²) in [7, 11) is 2.09. The molecule has 7 nitrogen and oxygen atoms in total. The Morgan fingerprint density at radius 3 is 2.92 bits per heavy atom. The second-order valence-corrected chi connectivity index (χ2v) is 6.72. The highest BCUT2D eigenvalue weighted by Crippen LogP contribution is 2.28. The molecule has 2 aliphatic heterocycles. The Balaban J connectivity index is 1.66. The SMILES string of the molecule is Cc1noc(-c2ccccc2C(=O)N2CCO[C@@H]3CCN(C)C[C@@H]32)n1. The Labute approximate surface area is 146 Å². The van der Waals surface area contributed by atoms with Crippen LogP contribution in [0.3, 0.4) is 0 Å². The number of rotatable bonds is 2. The molecule has 25 heavy (non-hydrogen) atoms. The first-order chi connectivity index (χ1) is 12.1. The molecule has 0 unspecified atom stereocenters. The summed E-state index contributed by atoms with van der Waals surface area (Å²) in [6.45, 7) is 4.78. The van der Waals surface area contributed by atoms with Gasteiger partial charge in [-0.25, -0.2) is 0 Å². The maximum atomic E-state index is 13.3. The molecule has 1 aromatic heterocycles. The Morgan fingerprint density at radius 1 is 1.28 bits per heavy atom. The van der Waals surface area contributed by atoms with Crippen molar-refractivity contribution >= 4 is 5.91 Å². The van der Waals surface area contributed by atoms with E-state index in [1.54, 1.807) is 6.92 Å². The first-order valence-corrected chi connectivity index (χ1v) is 8.64. The Morgan fingerprint density at radius 2 is 2.12 bits per heavy atom. The Kier molecular flexibility index (Phi) is 4.27. The van der Waals surface area contributed by atoms with Gasteiger partial charge in [-0.05, 0) is 32.5 Å². The van der Waals surface area contributed by atoms with E-state index in [1.807, 2.05) is 29.2 Å². The number of aryl methyl sites for hydroxylation is 1. The van der Waals surface area contributed by atoms with Crippen LogP contribution >= 0.6 is 0 Å². The van der Waals surface area contributed by atoms with E-state index < -0.39 is 0 Å². The summed E-state index contributed by atoms with van der Waals surface area (Å²) in [6.07, 6.45) is 1.07. The molecule has 0 bridgehead atoms. The van der Waals surface area contributed by atoms with Gasteiger partial charge in [0.05, 0.1) is 29.9 Å². The number of likely N-dealkylation sites (N-methyl/N-ethyl adjacent to an activating group) is 1. The second kappa shape index (κ2) is 6.57. The molecule has 2 aliphatic rings. The van der Waals surface area contributed by atoms with Gasteiger partial charge < -0.3 is 19.1 Å². The van der Waals surface area contributed by atoms with Crippen molar-refractivity contribution in [2.45, 2.75) is 25.5 Å². The smallest absolute Gasteiger partial charge is 0.258 e. The summed E-state index contributed by atoms with van der Waals surface area (Å²) in [5.74, 6) is 0.935.